The molecule has 0 aromatic carbocycles. The fraction of sp³-hybridized carbons (Fsp3) is 0.643. The molecule has 1 aromatic rings. The van der Waals surface area contributed by atoms with Crippen LogP contribution in [0.15, 0.2) is 18.3 Å². The van der Waals surface area contributed by atoms with Crippen molar-refractivity contribution in [3.63, 3.8) is 0 Å². The molecule has 0 amide bonds. The smallest absolute Gasteiger partial charge is 0.142 e. The molecule has 0 spiro atoms. The monoisotopic (exact) mass is 248 g/mol. The highest BCUT2D eigenvalue weighted by atomic mass is 16.6. The first kappa shape index (κ1) is 11.9. The first-order valence-corrected chi connectivity index (χ1v) is 6.82. The highest BCUT2D eigenvalue weighted by molar-refractivity contribution is 5.27. The summed E-state index contributed by atoms with van der Waals surface area (Å²) in [5, 5.41) is 0. The lowest BCUT2D eigenvalue weighted by Gasteiger charge is -2.26. The van der Waals surface area contributed by atoms with Gasteiger partial charge in [-0.25, -0.2) is 0 Å². The number of aromatic nitrogens is 1. The van der Waals surface area contributed by atoms with Crippen LogP contribution in [0.5, 0.6) is 5.75 Å². The molecule has 1 atom stereocenters. The highest BCUT2D eigenvalue weighted by Crippen LogP contribution is 2.21. The minimum absolute atomic E-state index is 0.299. The van der Waals surface area contributed by atoms with Crippen LogP contribution in [0.25, 0.3) is 0 Å². The van der Waals surface area contributed by atoms with Gasteiger partial charge in [0.2, 0.25) is 0 Å². The molecule has 18 heavy (non-hydrogen) atoms. The van der Waals surface area contributed by atoms with E-state index in [1.54, 1.807) is 0 Å². The van der Waals surface area contributed by atoms with Gasteiger partial charge in [-0.3, -0.25) is 9.88 Å². The highest BCUT2D eigenvalue weighted by Gasteiger charge is 2.24. The molecule has 4 heteroatoms. The van der Waals surface area contributed by atoms with Crippen LogP contribution in [0.1, 0.15) is 25.0 Å². The third-order valence-corrected chi connectivity index (χ3v) is 3.50. The second-order valence-electron chi connectivity index (χ2n) is 5.05. The van der Waals surface area contributed by atoms with Gasteiger partial charge in [0, 0.05) is 12.7 Å². The lowest BCUT2D eigenvalue weighted by atomic mass is 10.1. The number of hydrogen-bond donors (Lipinski definition) is 0. The molecule has 2 saturated heterocycles. The van der Waals surface area contributed by atoms with Crippen LogP contribution in [0.4, 0.5) is 0 Å². The SMILES string of the molecule is c1cnc(CN2CCCCC2)c(OC[C@@H]2CO2)c1. The molecule has 0 unspecified atom stereocenters. The Bertz CT molecular complexity index is 387. The molecule has 0 N–H and O–H groups in total. The van der Waals surface area contributed by atoms with E-state index in [1.807, 2.05) is 18.3 Å². The van der Waals surface area contributed by atoms with Crippen LogP contribution in [0.3, 0.4) is 0 Å². The van der Waals surface area contributed by atoms with E-state index < -0.39 is 0 Å². The maximum Gasteiger partial charge on any atom is 0.142 e. The zero-order chi connectivity index (χ0) is 12.2. The second kappa shape index (κ2) is 5.67. The van der Waals surface area contributed by atoms with Gasteiger partial charge in [-0.15, -0.1) is 0 Å². The predicted octanol–water partition coefficient (Wildman–Crippen LogP) is 1.85. The van der Waals surface area contributed by atoms with Gasteiger partial charge in [-0.1, -0.05) is 6.42 Å². The molecule has 4 nitrogen and oxygen atoms in total. The minimum Gasteiger partial charge on any atom is -0.489 e. The van der Waals surface area contributed by atoms with Crippen molar-refractivity contribution in [1.29, 1.82) is 0 Å². The number of piperidine rings is 1. The number of ether oxygens (including phenoxy) is 2. The topological polar surface area (TPSA) is 37.9 Å². The number of epoxide rings is 1. The summed E-state index contributed by atoms with van der Waals surface area (Å²) in [4.78, 5) is 6.93. The third kappa shape index (κ3) is 3.21. The fourth-order valence-corrected chi connectivity index (χ4v) is 2.35. The number of hydrogen-bond acceptors (Lipinski definition) is 4. The first-order chi connectivity index (χ1) is 8.92. The summed E-state index contributed by atoms with van der Waals surface area (Å²) in [6, 6.07) is 3.94. The molecule has 3 heterocycles. The zero-order valence-electron chi connectivity index (χ0n) is 10.7. The lowest BCUT2D eigenvalue weighted by molar-refractivity contribution is 0.210. The molecule has 0 bridgehead atoms. The largest absolute Gasteiger partial charge is 0.489 e. The third-order valence-electron chi connectivity index (χ3n) is 3.50. The van der Waals surface area contributed by atoms with Crippen molar-refractivity contribution in [3.05, 3.63) is 24.0 Å². The van der Waals surface area contributed by atoms with Crippen LogP contribution in [0, 0.1) is 0 Å². The second-order valence-corrected chi connectivity index (χ2v) is 5.05. The van der Waals surface area contributed by atoms with Crippen molar-refractivity contribution in [1.82, 2.24) is 9.88 Å². The molecule has 98 valence electrons. The van der Waals surface area contributed by atoms with E-state index in [0.717, 1.165) is 24.6 Å². The number of likely N-dealkylation sites (tertiary alicyclic amines) is 1. The molecule has 2 aliphatic heterocycles. The van der Waals surface area contributed by atoms with Gasteiger partial charge in [0.1, 0.15) is 18.5 Å². The molecule has 0 radical (unpaired) electrons. The summed E-state index contributed by atoms with van der Waals surface area (Å²) >= 11 is 0. The summed E-state index contributed by atoms with van der Waals surface area (Å²) in [5.74, 6) is 0.915. The average molecular weight is 248 g/mol. The number of rotatable bonds is 5. The van der Waals surface area contributed by atoms with Crippen molar-refractivity contribution >= 4 is 0 Å². The van der Waals surface area contributed by atoms with Crippen molar-refractivity contribution in [2.24, 2.45) is 0 Å². The Balaban J connectivity index is 1.61. The van der Waals surface area contributed by atoms with Crippen LogP contribution in [-0.4, -0.2) is 42.3 Å². The molecular weight excluding hydrogens is 228 g/mol. The molecule has 0 aliphatic carbocycles. The Kier molecular flexibility index (Phi) is 3.76. The van der Waals surface area contributed by atoms with Crippen molar-refractivity contribution < 1.29 is 9.47 Å². The number of nitrogens with zero attached hydrogens (tertiary/aromatic N) is 2. The van der Waals surface area contributed by atoms with E-state index in [-0.39, 0.29) is 0 Å². The van der Waals surface area contributed by atoms with Crippen molar-refractivity contribution in [2.45, 2.75) is 31.9 Å². The van der Waals surface area contributed by atoms with Gasteiger partial charge in [0.25, 0.3) is 0 Å². The number of pyridine rings is 1. The zero-order valence-corrected chi connectivity index (χ0v) is 10.7. The normalized spacial score (nSPS) is 23.9. The van der Waals surface area contributed by atoms with Crippen LogP contribution >= 0.6 is 0 Å². The predicted molar refractivity (Wildman–Crippen MR) is 68.6 cm³/mol. The Morgan fingerprint density at radius 3 is 2.94 bits per heavy atom. The Morgan fingerprint density at radius 2 is 2.17 bits per heavy atom. The fourth-order valence-electron chi connectivity index (χ4n) is 2.35. The van der Waals surface area contributed by atoms with Gasteiger partial charge in [0.15, 0.2) is 0 Å². The standard InChI is InChI=1S/C14H20N2O2/c1-2-7-16(8-3-1)9-13-14(5-4-6-15-13)18-11-12-10-17-12/h4-6,12H,1-3,7-11H2/t12-/m0/s1. The Labute approximate surface area is 108 Å². The summed E-state index contributed by atoms with van der Waals surface area (Å²) < 4.78 is 11.0. The first-order valence-electron chi connectivity index (χ1n) is 6.82. The maximum atomic E-state index is 5.79. The van der Waals surface area contributed by atoms with Gasteiger partial charge in [-0.2, -0.15) is 0 Å². The van der Waals surface area contributed by atoms with Gasteiger partial charge in [0.05, 0.1) is 12.3 Å². The van der Waals surface area contributed by atoms with Gasteiger partial charge in [-0.05, 0) is 38.1 Å². The molecule has 2 fully saturated rings. The summed E-state index contributed by atoms with van der Waals surface area (Å²) in [7, 11) is 0. The maximum absolute atomic E-state index is 5.79. The summed E-state index contributed by atoms with van der Waals surface area (Å²) in [6.45, 7) is 4.76. The summed E-state index contributed by atoms with van der Waals surface area (Å²) in [6.07, 6.45) is 6.12. The Hall–Kier alpha value is -1.13. The summed E-state index contributed by atoms with van der Waals surface area (Å²) in [5.41, 5.74) is 1.06. The van der Waals surface area contributed by atoms with E-state index in [0.29, 0.717) is 12.7 Å². The molecule has 1 aromatic heterocycles. The van der Waals surface area contributed by atoms with Crippen molar-refractivity contribution in [3.8, 4) is 5.75 Å². The average Bonchev–Trinajstić information content (AvgIpc) is 3.23. The Morgan fingerprint density at radius 1 is 1.33 bits per heavy atom. The van der Waals surface area contributed by atoms with E-state index in [9.17, 15) is 0 Å². The minimum atomic E-state index is 0.299. The molecule has 0 saturated carbocycles. The quantitative estimate of drug-likeness (QED) is 0.745. The van der Waals surface area contributed by atoms with Gasteiger partial charge >= 0.3 is 0 Å². The van der Waals surface area contributed by atoms with E-state index in [4.69, 9.17) is 9.47 Å². The van der Waals surface area contributed by atoms with E-state index >= 15 is 0 Å². The van der Waals surface area contributed by atoms with Crippen LogP contribution in [-0.2, 0) is 11.3 Å². The van der Waals surface area contributed by atoms with Crippen LogP contribution < -0.4 is 4.74 Å². The lowest BCUT2D eigenvalue weighted by Crippen LogP contribution is -2.29. The van der Waals surface area contributed by atoms with E-state index in [2.05, 4.69) is 9.88 Å². The molecule has 3 rings (SSSR count). The van der Waals surface area contributed by atoms with E-state index in [1.165, 1.54) is 32.4 Å². The molecule has 2 aliphatic rings. The van der Waals surface area contributed by atoms with Crippen LogP contribution in [0.2, 0.25) is 0 Å². The van der Waals surface area contributed by atoms with Gasteiger partial charge < -0.3 is 9.47 Å². The molecular formula is C14H20N2O2. The van der Waals surface area contributed by atoms with Crippen molar-refractivity contribution in [2.75, 3.05) is 26.3 Å².